The van der Waals surface area contributed by atoms with Gasteiger partial charge in [-0.15, -0.1) is 0 Å². The number of aromatic nitrogens is 1. The fourth-order valence-electron chi connectivity index (χ4n) is 0.699. The van der Waals surface area contributed by atoms with Crippen molar-refractivity contribution in [1.82, 2.24) is 4.98 Å². The summed E-state index contributed by atoms with van der Waals surface area (Å²) in [6.45, 7) is 1.45. The van der Waals surface area contributed by atoms with Crippen LogP contribution in [0.15, 0.2) is 23.4 Å². The first-order chi connectivity index (χ1) is 5.74. The summed E-state index contributed by atoms with van der Waals surface area (Å²) in [5, 5.41) is 3.27. The third-order valence-corrected chi connectivity index (χ3v) is 1.30. The van der Waals surface area contributed by atoms with Gasteiger partial charge >= 0.3 is 0 Å². The van der Waals surface area contributed by atoms with Crippen molar-refractivity contribution < 1.29 is 4.79 Å². The summed E-state index contributed by atoms with van der Waals surface area (Å²) in [4.78, 5) is 17.1. The minimum Gasteiger partial charge on any atom is -0.294 e. The van der Waals surface area contributed by atoms with Gasteiger partial charge < -0.3 is 0 Å². The second-order valence-electron chi connectivity index (χ2n) is 2.15. The Morgan fingerprint density at radius 2 is 2.42 bits per heavy atom. The molecule has 0 unspecified atom stereocenters. The van der Waals surface area contributed by atoms with Gasteiger partial charge in [0.2, 0.25) is 0 Å². The number of hydrogen-bond acceptors (Lipinski definition) is 3. The van der Waals surface area contributed by atoms with Gasteiger partial charge in [0.25, 0.3) is 0 Å². The van der Waals surface area contributed by atoms with Crippen molar-refractivity contribution in [3.63, 3.8) is 0 Å². The van der Waals surface area contributed by atoms with Crippen molar-refractivity contribution in [3.05, 3.63) is 34.3 Å². The maximum Gasteiger partial charge on any atom is 0.161 e. The SMILES string of the molecule is CC(=O)c1ccc(N=[N+]=[N-])nc1. The van der Waals surface area contributed by atoms with Crippen LogP contribution in [-0.4, -0.2) is 10.8 Å². The molecule has 0 spiro atoms. The highest BCUT2D eigenvalue weighted by Crippen LogP contribution is 2.08. The molecule has 1 rings (SSSR count). The minimum absolute atomic E-state index is 0.0602. The van der Waals surface area contributed by atoms with Crippen LogP contribution in [0.3, 0.4) is 0 Å². The summed E-state index contributed by atoms with van der Waals surface area (Å²) < 4.78 is 0. The molecule has 0 aliphatic heterocycles. The lowest BCUT2D eigenvalue weighted by molar-refractivity contribution is 0.101. The van der Waals surface area contributed by atoms with E-state index in [-0.39, 0.29) is 11.6 Å². The van der Waals surface area contributed by atoms with E-state index in [4.69, 9.17) is 5.53 Å². The summed E-state index contributed by atoms with van der Waals surface area (Å²) >= 11 is 0. The quantitative estimate of drug-likeness (QED) is 0.289. The molecular formula is C7H6N4O. The fraction of sp³-hybridized carbons (Fsp3) is 0.143. The lowest BCUT2D eigenvalue weighted by atomic mass is 10.2. The van der Waals surface area contributed by atoms with E-state index in [0.717, 1.165) is 0 Å². The van der Waals surface area contributed by atoms with Crippen LogP contribution in [0.2, 0.25) is 0 Å². The minimum atomic E-state index is -0.0602. The Morgan fingerprint density at radius 1 is 1.67 bits per heavy atom. The van der Waals surface area contributed by atoms with Gasteiger partial charge in [0.1, 0.15) is 5.82 Å². The standard InChI is InChI=1S/C7H6N4O/c1-5(12)6-2-3-7(9-4-6)10-11-8/h2-4H,1H3. The van der Waals surface area contributed by atoms with Crippen LogP contribution in [0.25, 0.3) is 10.4 Å². The molecule has 5 nitrogen and oxygen atoms in total. The molecular weight excluding hydrogens is 156 g/mol. The number of carbonyl (C=O) groups excluding carboxylic acids is 1. The summed E-state index contributed by atoms with van der Waals surface area (Å²) in [5.41, 5.74) is 8.56. The molecule has 12 heavy (non-hydrogen) atoms. The first-order valence-electron chi connectivity index (χ1n) is 3.26. The Balaban J connectivity index is 3.00. The second kappa shape index (κ2) is 3.50. The zero-order valence-electron chi connectivity index (χ0n) is 6.43. The van der Waals surface area contributed by atoms with Crippen molar-refractivity contribution in [2.75, 3.05) is 0 Å². The summed E-state index contributed by atoms with van der Waals surface area (Å²) in [6, 6.07) is 3.07. The lowest BCUT2D eigenvalue weighted by Gasteiger charge is -1.93. The fourth-order valence-corrected chi connectivity index (χ4v) is 0.699. The van der Waals surface area contributed by atoms with Crippen LogP contribution in [0.5, 0.6) is 0 Å². The first-order valence-corrected chi connectivity index (χ1v) is 3.26. The third-order valence-electron chi connectivity index (χ3n) is 1.30. The van der Waals surface area contributed by atoms with Gasteiger partial charge in [-0.05, 0) is 29.7 Å². The molecule has 0 aliphatic rings. The monoisotopic (exact) mass is 162 g/mol. The van der Waals surface area contributed by atoms with Crippen LogP contribution in [-0.2, 0) is 0 Å². The number of azide groups is 1. The number of pyridine rings is 1. The zero-order chi connectivity index (χ0) is 8.97. The van der Waals surface area contributed by atoms with E-state index in [1.54, 1.807) is 6.07 Å². The predicted molar refractivity (Wildman–Crippen MR) is 43.0 cm³/mol. The van der Waals surface area contributed by atoms with Crippen LogP contribution in [0.4, 0.5) is 5.82 Å². The highest BCUT2D eigenvalue weighted by molar-refractivity contribution is 5.93. The largest absolute Gasteiger partial charge is 0.294 e. The highest BCUT2D eigenvalue weighted by Gasteiger charge is 1.97. The Labute approximate surface area is 68.7 Å². The van der Waals surface area contributed by atoms with Gasteiger partial charge in [0.05, 0.1) is 0 Å². The van der Waals surface area contributed by atoms with Gasteiger partial charge in [-0.2, -0.15) is 0 Å². The molecule has 0 saturated carbocycles. The molecule has 0 aromatic carbocycles. The molecule has 1 heterocycles. The van der Waals surface area contributed by atoms with Gasteiger partial charge in [-0.25, -0.2) is 0 Å². The molecule has 1 aromatic rings. The van der Waals surface area contributed by atoms with Crippen molar-refractivity contribution in [1.29, 1.82) is 0 Å². The summed E-state index contributed by atoms with van der Waals surface area (Å²) in [7, 11) is 0. The molecule has 0 bridgehead atoms. The van der Waals surface area contributed by atoms with Crippen molar-refractivity contribution in [2.45, 2.75) is 6.92 Å². The molecule has 0 N–H and O–H groups in total. The van der Waals surface area contributed by atoms with Crippen LogP contribution in [0, 0.1) is 0 Å². The van der Waals surface area contributed by atoms with E-state index < -0.39 is 0 Å². The van der Waals surface area contributed by atoms with E-state index in [1.165, 1.54) is 19.2 Å². The van der Waals surface area contributed by atoms with Crippen LogP contribution < -0.4 is 0 Å². The van der Waals surface area contributed by atoms with E-state index in [1.807, 2.05) is 0 Å². The van der Waals surface area contributed by atoms with Crippen LogP contribution in [0.1, 0.15) is 17.3 Å². The lowest BCUT2D eigenvalue weighted by Crippen LogP contribution is -1.91. The molecule has 1 aromatic heterocycles. The van der Waals surface area contributed by atoms with Gasteiger partial charge in [-0.3, -0.25) is 9.78 Å². The normalized spacial score (nSPS) is 8.75. The van der Waals surface area contributed by atoms with Crippen molar-refractivity contribution in [2.24, 2.45) is 5.11 Å². The molecule has 5 heteroatoms. The first kappa shape index (κ1) is 8.23. The van der Waals surface area contributed by atoms with Gasteiger partial charge in [0.15, 0.2) is 5.78 Å². The molecule has 0 radical (unpaired) electrons. The van der Waals surface area contributed by atoms with Gasteiger partial charge in [-0.1, -0.05) is 0 Å². The topological polar surface area (TPSA) is 78.7 Å². The number of rotatable bonds is 2. The van der Waals surface area contributed by atoms with Gasteiger partial charge in [0, 0.05) is 16.7 Å². The summed E-state index contributed by atoms with van der Waals surface area (Å²) in [6.07, 6.45) is 1.38. The predicted octanol–water partition coefficient (Wildman–Crippen LogP) is 2.23. The second-order valence-corrected chi connectivity index (χ2v) is 2.15. The number of nitrogens with zero attached hydrogens (tertiary/aromatic N) is 4. The molecule has 0 saturated heterocycles. The molecule has 0 aliphatic carbocycles. The smallest absolute Gasteiger partial charge is 0.161 e. The number of hydrogen-bond donors (Lipinski definition) is 0. The van der Waals surface area contributed by atoms with Crippen molar-refractivity contribution >= 4 is 11.6 Å². The Bertz CT molecular complexity index is 316. The maximum atomic E-state index is 10.8. The third kappa shape index (κ3) is 1.81. The average molecular weight is 162 g/mol. The molecule has 60 valence electrons. The van der Waals surface area contributed by atoms with E-state index >= 15 is 0 Å². The maximum absolute atomic E-state index is 10.8. The van der Waals surface area contributed by atoms with Crippen molar-refractivity contribution in [3.8, 4) is 0 Å². The Kier molecular flexibility index (Phi) is 2.40. The van der Waals surface area contributed by atoms with Crippen LogP contribution >= 0.6 is 0 Å². The number of ketones is 1. The van der Waals surface area contributed by atoms with E-state index in [2.05, 4.69) is 15.0 Å². The molecule has 0 atom stereocenters. The van der Waals surface area contributed by atoms with E-state index in [9.17, 15) is 4.79 Å². The molecule has 0 amide bonds. The summed E-state index contributed by atoms with van der Waals surface area (Å²) in [5.74, 6) is 0.206. The average Bonchev–Trinajstić information content (AvgIpc) is 2.06. The Morgan fingerprint density at radius 3 is 2.83 bits per heavy atom. The zero-order valence-corrected chi connectivity index (χ0v) is 6.43. The van der Waals surface area contributed by atoms with E-state index in [0.29, 0.717) is 5.56 Å². The number of Topliss-reactive ketones (excluding diaryl/α,β-unsaturated/α-hetero) is 1. The Hall–Kier alpha value is -1.87. The molecule has 0 fully saturated rings. The number of carbonyl (C=O) groups is 1. The highest BCUT2D eigenvalue weighted by atomic mass is 16.1.